The molecular formula is C52H88O12S. The van der Waals surface area contributed by atoms with Crippen LogP contribution in [0.15, 0.2) is 72.9 Å². The van der Waals surface area contributed by atoms with Crippen molar-refractivity contribution < 1.29 is 56.8 Å². The number of rotatable bonds is 41. The van der Waals surface area contributed by atoms with Crippen LogP contribution in [0.4, 0.5) is 0 Å². The van der Waals surface area contributed by atoms with Gasteiger partial charge in [0.2, 0.25) is 0 Å². The normalized spacial score (nSPS) is 20.1. The molecule has 6 atom stereocenters. The van der Waals surface area contributed by atoms with Gasteiger partial charge in [-0.15, -0.1) is 0 Å². The van der Waals surface area contributed by atoms with Crippen LogP contribution < -0.4 is 0 Å². The molecular weight excluding hydrogens is 849 g/mol. The van der Waals surface area contributed by atoms with E-state index in [0.717, 1.165) is 51.4 Å². The average molecular weight is 937 g/mol. The van der Waals surface area contributed by atoms with Crippen LogP contribution in [0.5, 0.6) is 0 Å². The quantitative estimate of drug-likeness (QED) is 0.0197. The van der Waals surface area contributed by atoms with E-state index < -0.39 is 71.2 Å². The minimum Gasteiger partial charge on any atom is -0.462 e. The van der Waals surface area contributed by atoms with Crippen molar-refractivity contribution in [2.75, 3.05) is 19.0 Å². The van der Waals surface area contributed by atoms with Gasteiger partial charge >= 0.3 is 11.9 Å². The summed E-state index contributed by atoms with van der Waals surface area (Å²) in [5.74, 6) is -2.09. The fourth-order valence-electron chi connectivity index (χ4n) is 7.23. The molecule has 1 saturated heterocycles. The molecule has 1 fully saturated rings. The maximum atomic E-state index is 12.8. The molecule has 2 unspecified atom stereocenters. The molecule has 12 nitrogen and oxygen atoms in total. The summed E-state index contributed by atoms with van der Waals surface area (Å²) in [6, 6.07) is 0. The molecule has 0 aromatic carbocycles. The van der Waals surface area contributed by atoms with Crippen molar-refractivity contribution in [3.8, 4) is 0 Å². The molecule has 4 N–H and O–H groups in total. The van der Waals surface area contributed by atoms with Gasteiger partial charge in [-0.05, 0) is 51.4 Å². The number of hydrogen-bond acceptors (Lipinski definition) is 11. The highest BCUT2D eigenvalue weighted by atomic mass is 32.2. The van der Waals surface area contributed by atoms with Crippen molar-refractivity contribution >= 4 is 22.1 Å². The van der Waals surface area contributed by atoms with E-state index in [1.54, 1.807) is 0 Å². The molecule has 65 heavy (non-hydrogen) atoms. The Labute approximate surface area is 393 Å². The van der Waals surface area contributed by atoms with Crippen molar-refractivity contribution in [3.63, 3.8) is 0 Å². The van der Waals surface area contributed by atoms with Crippen LogP contribution in [0.2, 0.25) is 0 Å². The van der Waals surface area contributed by atoms with E-state index in [1.807, 2.05) is 18.2 Å². The zero-order valence-corrected chi connectivity index (χ0v) is 40.9. The molecule has 374 valence electrons. The first-order valence-electron chi connectivity index (χ1n) is 25.0. The summed E-state index contributed by atoms with van der Waals surface area (Å²) in [6.07, 6.45) is 43.8. The third kappa shape index (κ3) is 35.9. The number of aliphatic hydroxyl groups excluding tert-OH is 3. The highest BCUT2D eigenvalue weighted by molar-refractivity contribution is 7.85. The maximum absolute atomic E-state index is 12.8. The minimum absolute atomic E-state index is 0.0375. The lowest BCUT2D eigenvalue weighted by Gasteiger charge is -2.40. The first-order valence-corrected chi connectivity index (χ1v) is 26.6. The molecule has 13 heteroatoms. The van der Waals surface area contributed by atoms with Gasteiger partial charge in [-0.3, -0.25) is 14.1 Å². The Hall–Kier alpha value is -2.91. The van der Waals surface area contributed by atoms with Crippen LogP contribution in [0, 0.1) is 0 Å². The predicted molar refractivity (Wildman–Crippen MR) is 261 cm³/mol. The predicted octanol–water partition coefficient (Wildman–Crippen LogP) is 11.1. The van der Waals surface area contributed by atoms with Crippen molar-refractivity contribution in [2.45, 2.75) is 224 Å². The topological polar surface area (TPSA) is 186 Å². The van der Waals surface area contributed by atoms with Gasteiger partial charge in [0.25, 0.3) is 10.1 Å². The molecule has 1 aliphatic rings. The van der Waals surface area contributed by atoms with Gasteiger partial charge in [0.1, 0.15) is 36.8 Å². The van der Waals surface area contributed by atoms with Crippen LogP contribution in [-0.4, -0.2) is 96.0 Å². The average Bonchev–Trinajstić information content (AvgIpc) is 3.27. The first-order chi connectivity index (χ1) is 31.5. The highest BCUT2D eigenvalue weighted by Crippen LogP contribution is 2.24. The zero-order valence-electron chi connectivity index (χ0n) is 40.1. The van der Waals surface area contributed by atoms with Gasteiger partial charge < -0.3 is 34.3 Å². The lowest BCUT2D eigenvalue weighted by Crippen LogP contribution is -2.60. The van der Waals surface area contributed by atoms with Gasteiger partial charge in [0.05, 0.1) is 6.61 Å². The lowest BCUT2D eigenvalue weighted by molar-refractivity contribution is -0.297. The summed E-state index contributed by atoms with van der Waals surface area (Å²) in [6.45, 7) is 3.60. The Balaban J connectivity index is 2.45. The maximum Gasteiger partial charge on any atom is 0.306 e. The number of allylic oxidation sites excluding steroid dienone is 12. The second kappa shape index (κ2) is 41.3. The van der Waals surface area contributed by atoms with Crippen molar-refractivity contribution in [2.24, 2.45) is 0 Å². The van der Waals surface area contributed by atoms with Crippen molar-refractivity contribution in [3.05, 3.63) is 72.9 Å². The number of unbranched alkanes of at least 4 members (excludes halogenated alkanes) is 17. The number of carbonyl (C=O) groups excluding carboxylic acids is 2. The number of esters is 2. The fraction of sp³-hybridized carbons (Fsp3) is 0.731. The van der Waals surface area contributed by atoms with E-state index in [1.165, 1.54) is 89.9 Å². The Morgan fingerprint density at radius 2 is 0.969 bits per heavy atom. The van der Waals surface area contributed by atoms with E-state index in [4.69, 9.17) is 18.9 Å². The largest absolute Gasteiger partial charge is 0.462 e. The van der Waals surface area contributed by atoms with Gasteiger partial charge in [-0.2, -0.15) is 8.42 Å². The lowest BCUT2D eigenvalue weighted by atomic mass is 10.00. The Bertz CT molecular complexity index is 1470. The van der Waals surface area contributed by atoms with Gasteiger partial charge in [-0.1, -0.05) is 196 Å². The van der Waals surface area contributed by atoms with E-state index in [9.17, 15) is 37.9 Å². The summed E-state index contributed by atoms with van der Waals surface area (Å²) >= 11 is 0. The van der Waals surface area contributed by atoms with Crippen molar-refractivity contribution in [1.29, 1.82) is 0 Å². The monoisotopic (exact) mass is 937 g/mol. The summed E-state index contributed by atoms with van der Waals surface area (Å²) in [5.41, 5.74) is 0. The molecule has 0 bridgehead atoms. The standard InChI is InChI=1S/C52H88O12S/c1-3-5-7-9-11-13-15-17-19-21-23-25-27-29-31-33-35-37-39-41-48(54)63-45(43-62-52-51(57)50(56)49(55)46(64-52)44-65(58,59)60)42-61-47(53)40-38-36-34-32-30-28-26-24-22-20-18-16-14-12-10-8-6-4-2/h5,7,11,13,17,19,23,25,29,31,35,37,45-46,49-52,55-57H,3-4,6,8-10,12,14-16,18,20-22,24,26-28,30,32-34,36,38-44H2,1-2H3,(H,58,59,60)/b7-5+,13-11+,19-17+,25-23+,31-29+,37-35+/t45-,46-,49-,50?,51?,52+/m1/s1. The summed E-state index contributed by atoms with van der Waals surface area (Å²) in [4.78, 5) is 25.5. The molecule has 1 aliphatic heterocycles. The Morgan fingerprint density at radius 1 is 0.538 bits per heavy atom. The summed E-state index contributed by atoms with van der Waals surface area (Å²) in [7, 11) is -4.62. The zero-order chi connectivity index (χ0) is 47.6. The number of hydrogen-bond donors (Lipinski definition) is 4. The van der Waals surface area contributed by atoms with Crippen LogP contribution in [0.25, 0.3) is 0 Å². The summed E-state index contributed by atoms with van der Waals surface area (Å²) in [5, 5.41) is 30.9. The van der Waals surface area contributed by atoms with E-state index >= 15 is 0 Å². The van der Waals surface area contributed by atoms with Gasteiger partial charge in [0.15, 0.2) is 12.4 Å². The highest BCUT2D eigenvalue weighted by Gasteiger charge is 2.46. The third-order valence-electron chi connectivity index (χ3n) is 11.1. The number of carbonyl (C=O) groups is 2. The fourth-order valence-corrected chi connectivity index (χ4v) is 7.92. The minimum atomic E-state index is -4.62. The molecule has 1 rings (SSSR count). The smallest absolute Gasteiger partial charge is 0.306 e. The van der Waals surface area contributed by atoms with Crippen LogP contribution in [0.3, 0.4) is 0 Å². The molecule has 0 spiro atoms. The van der Waals surface area contributed by atoms with E-state index in [2.05, 4.69) is 68.5 Å². The molecule has 0 saturated carbocycles. The molecule has 0 aromatic rings. The van der Waals surface area contributed by atoms with Gasteiger partial charge in [0, 0.05) is 12.8 Å². The van der Waals surface area contributed by atoms with Crippen LogP contribution in [0.1, 0.15) is 187 Å². The van der Waals surface area contributed by atoms with Crippen molar-refractivity contribution in [1.82, 2.24) is 0 Å². The van der Waals surface area contributed by atoms with E-state index in [-0.39, 0.29) is 19.4 Å². The molecule has 0 aliphatic carbocycles. The number of aliphatic hydroxyl groups is 3. The second-order valence-corrected chi connectivity index (χ2v) is 18.6. The Morgan fingerprint density at radius 3 is 1.42 bits per heavy atom. The Kier molecular flexibility index (Phi) is 38.2. The summed E-state index contributed by atoms with van der Waals surface area (Å²) < 4.78 is 54.1. The first kappa shape index (κ1) is 60.1. The molecule has 1 heterocycles. The second-order valence-electron chi connectivity index (χ2n) is 17.1. The van der Waals surface area contributed by atoms with Crippen LogP contribution >= 0.6 is 0 Å². The molecule has 0 radical (unpaired) electrons. The molecule has 0 amide bonds. The van der Waals surface area contributed by atoms with Gasteiger partial charge in [-0.25, -0.2) is 0 Å². The van der Waals surface area contributed by atoms with E-state index in [0.29, 0.717) is 19.3 Å². The van der Waals surface area contributed by atoms with Crippen LogP contribution in [-0.2, 0) is 38.7 Å². The SMILES string of the molecule is CC/C=C/C/C=C/C/C=C/C/C=C/C/C=C/C/C=C/CCC(=O)O[C@H](COC(=O)CCCCCCCCCCCCCCCCCCCC)CO[C@H]1O[C@H](CS(=O)(=O)O)[C@@H](O)C(O)C1O. The molecule has 0 aromatic heterocycles. The third-order valence-corrected chi connectivity index (χ3v) is 11.8. The number of ether oxygens (including phenoxy) is 4.